The Hall–Kier alpha value is -0.940. The summed E-state index contributed by atoms with van der Waals surface area (Å²) < 4.78 is 39.4. The van der Waals surface area contributed by atoms with E-state index in [1.54, 1.807) is 19.1 Å². The molecule has 25 heavy (non-hydrogen) atoms. The van der Waals surface area contributed by atoms with Crippen molar-refractivity contribution >= 4 is 58.8 Å². The number of aromatic amines is 1. The molecule has 0 spiro atoms. The number of rotatable bonds is 4. The lowest BCUT2D eigenvalue weighted by molar-refractivity contribution is 0.0515. The minimum Gasteiger partial charge on any atom is -0.461 e. The summed E-state index contributed by atoms with van der Waals surface area (Å²) in [6, 6.07) is 3.40. The van der Waals surface area contributed by atoms with Crippen LogP contribution in [0.4, 0.5) is 0 Å². The topological polar surface area (TPSA) is 88.7 Å². The average Bonchev–Trinajstić information content (AvgIpc) is 2.95. The number of morpholine rings is 1. The molecule has 2 aromatic rings. The van der Waals surface area contributed by atoms with Gasteiger partial charge in [0.05, 0.1) is 19.8 Å². The van der Waals surface area contributed by atoms with Crippen LogP contribution in [-0.4, -0.2) is 56.6 Å². The number of H-pyrrole nitrogens is 1. The monoisotopic (exact) mass is 494 g/mol. The van der Waals surface area contributed by atoms with Crippen LogP contribution in [0, 0.1) is 0 Å². The number of nitrogens with zero attached hydrogens (tertiary/aromatic N) is 1. The van der Waals surface area contributed by atoms with Gasteiger partial charge in [0.2, 0.25) is 10.0 Å². The minimum atomic E-state index is -3.88. The molecule has 3 rings (SSSR count). The summed E-state index contributed by atoms with van der Waals surface area (Å²) in [4.78, 5) is 15.2. The van der Waals surface area contributed by atoms with Crippen molar-refractivity contribution in [2.45, 2.75) is 11.8 Å². The molecule has 1 aliphatic rings. The first-order valence-corrected chi connectivity index (χ1v) is 10.6. The number of hydrogen-bond acceptors (Lipinski definition) is 5. The number of ether oxygens (including phenoxy) is 2. The fourth-order valence-electron chi connectivity index (χ4n) is 2.70. The summed E-state index contributed by atoms with van der Waals surface area (Å²) in [5.74, 6) is -0.697. The van der Waals surface area contributed by atoms with E-state index >= 15 is 0 Å². The van der Waals surface area contributed by atoms with Gasteiger partial charge >= 0.3 is 5.97 Å². The Bertz CT molecular complexity index is 920. The molecule has 136 valence electrons. The molecule has 2 heterocycles. The van der Waals surface area contributed by atoms with E-state index in [1.807, 2.05) is 0 Å². The quantitative estimate of drug-likeness (QED) is 0.659. The first-order chi connectivity index (χ1) is 11.9. The summed E-state index contributed by atoms with van der Waals surface area (Å²) in [5.41, 5.74) is 0.471. The summed E-state index contributed by atoms with van der Waals surface area (Å²) in [6.45, 7) is 2.96. The number of benzene rings is 1. The minimum absolute atomic E-state index is 0.0592. The second-order valence-electron chi connectivity index (χ2n) is 5.38. The largest absolute Gasteiger partial charge is 0.461 e. The SMILES string of the molecule is CCOC(=O)c1[nH]c2cc(Br)c(Br)cc2c1S(=O)(=O)N1CCOCC1. The van der Waals surface area contributed by atoms with E-state index in [2.05, 4.69) is 36.8 Å². The van der Waals surface area contributed by atoms with Gasteiger partial charge in [-0.25, -0.2) is 13.2 Å². The number of carbonyl (C=O) groups excluding carboxylic acids is 1. The zero-order valence-corrected chi connectivity index (χ0v) is 17.3. The molecule has 1 fully saturated rings. The van der Waals surface area contributed by atoms with Gasteiger partial charge in [-0.1, -0.05) is 0 Å². The molecule has 1 saturated heterocycles. The Kier molecular flexibility index (Phi) is 5.54. The van der Waals surface area contributed by atoms with Crippen molar-refractivity contribution in [1.29, 1.82) is 0 Å². The lowest BCUT2D eigenvalue weighted by atomic mass is 10.2. The molecule has 0 atom stereocenters. The van der Waals surface area contributed by atoms with Crippen molar-refractivity contribution in [2.75, 3.05) is 32.9 Å². The van der Waals surface area contributed by atoms with Gasteiger partial charge in [-0.05, 0) is 50.9 Å². The molecular formula is C15H16Br2N2O5S. The normalized spacial score (nSPS) is 16.3. The van der Waals surface area contributed by atoms with Crippen LogP contribution in [0.15, 0.2) is 26.0 Å². The van der Waals surface area contributed by atoms with E-state index in [4.69, 9.17) is 9.47 Å². The zero-order valence-electron chi connectivity index (χ0n) is 13.3. The van der Waals surface area contributed by atoms with Crippen molar-refractivity contribution in [3.63, 3.8) is 0 Å². The molecule has 0 amide bonds. The smallest absolute Gasteiger partial charge is 0.356 e. The molecule has 0 saturated carbocycles. The van der Waals surface area contributed by atoms with Gasteiger partial charge in [0.15, 0.2) is 0 Å². The molecule has 1 aliphatic heterocycles. The van der Waals surface area contributed by atoms with Crippen LogP contribution in [0.1, 0.15) is 17.4 Å². The van der Waals surface area contributed by atoms with Crippen molar-refractivity contribution < 1.29 is 22.7 Å². The molecule has 1 aromatic carbocycles. The van der Waals surface area contributed by atoms with Crippen molar-refractivity contribution in [2.24, 2.45) is 0 Å². The number of esters is 1. The molecule has 7 nitrogen and oxygen atoms in total. The maximum Gasteiger partial charge on any atom is 0.356 e. The molecule has 1 N–H and O–H groups in total. The lowest BCUT2D eigenvalue weighted by Crippen LogP contribution is -2.41. The van der Waals surface area contributed by atoms with Crippen LogP contribution in [-0.2, 0) is 19.5 Å². The fraction of sp³-hybridized carbons (Fsp3) is 0.400. The maximum atomic E-state index is 13.2. The van der Waals surface area contributed by atoms with E-state index in [9.17, 15) is 13.2 Å². The van der Waals surface area contributed by atoms with E-state index in [0.717, 1.165) is 4.47 Å². The maximum absolute atomic E-state index is 13.2. The summed E-state index contributed by atoms with van der Waals surface area (Å²) in [6.07, 6.45) is 0. The van der Waals surface area contributed by atoms with Gasteiger partial charge in [-0.2, -0.15) is 4.31 Å². The average molecular weight is 496 g/mol. The summed E-state index contributed by atoms with van der Waals surface area (Å²) in [5, 5.41) is 0.435. The van der Waals surface area contributed by atoms with Gasteiger partial charge in [0, 0.05) is 32.9 Å². The number of aromatic nitrogens is 1. The second kappa shape index (κ2) is 7.36. The van der Waals surface area contributed by atoms with Crippen LogP contribution >= 0.6 is 31.9 Å². The van der Waals surface area contributed by atoms with Crippen LogP contribution in [0.25, 0.3) is 10.9 Å². The van der Waals surface area contributed by atoms with Crippen molar-refractivity contribution in [3.8, 4) is 0 Å². The lowest BCUT2D eigenvalue weighted by Gasteiger charge is -2.26. The Morgan fingerprint density at radius 3 is 2.56 bits per heavy atom. The molecule has 0 unspecified atom stereocenters. The van der Waals surface area contributed by atoms with Crippen molar-refractivity contribution in [3.05, 3.63) is 26.8 Å². The Balaban J connectivity index is 2.24. The van der Waals surface area contributed by atoms with E-state index in [0.29, 0.717) is 28.6 Å². The van der Waals surface area contributed by atoms with Crippen LogP contribution in [0.5, 0.6) is 0 Å². The number of fused-ring (bicyclic) bond motifs is 1. The Morgan fingerprint density at radius 2 is 1.92 bits per heavy atom. The standard InChI is InChI=1S/C15H16Br2N2O5S/c1-2-24-15(20)13-14(25(21,22)19-3-5-23-6-4-19)9-7-10(16)11(17)8-12(9)18-13/h7-8,18H,2-6H2,1H3. The highest BCUT2D eigenvalue weighted by atomic mass is 79.9. The molecule has 0 radical (unpaired) electrons. The van der Waals surface area contributed by atoms with Crippen molar-refractivity contribution in [1.82, 2.24) is 9.29 Å². The molecule has 10 heteroatoms. The number of hydrogen-bond donors (Lipinski definition) is 1. The van der Waals surface area contributed by atoms with E-state index in [-0.39, 0.29) is 30.3 Å². The van der Waals surface area contributed by atoms with Crippen LogP contribution in [0.3, 0.4) is 0 Å². The molecular weight excluding hydrogens is 480 g/mol. The number of carbonyl (C=O) groups is 1. The van der Waals surface area contributed by atoms with Gasteiger partial charge in [-0.15, -0.1) is 0 Å². The number of nitrogens with one attached hydrogen (secondary N) is 1. The third kappa shape index (κ3) is 3.50. The Morgan fingerprint density at radius 1 is 1.28 bits per heavy atom. The highest BCUT2D eigenvalue weighted by Crippen LogP contribution is 2.35. The summed E-state index contributed by atoms with van der Waals surface area (Å²) >= 11 is 6.77. The molecule has 0 aliphatic carbocycles. The van der Waals surface area contributed by atoms with Crippen LogP contribution in [0.2, 0.25) is 0 Å². The Labute approximate surface area is 162 Å². The second-order valence-corrected chi connectivity index (χ2v) is 8.96. The number of sulfonamides is 1. The fourth-order valence-corrected chi connectivity index (χ4v) is 5.11. The first kappa shape index (κ1) is 18.8. The molecule has 1 aromatic heterocycles. The highest BCUT2D eigenvalue weighted by Gasteiger charge is 2.34. The zero-order chi connectivity index (χ0) is 18.2. The van der Waals surface area contributed by atoms with Gasteiger partial charge in [0.1, 0.15) is 10.6 Å². The van der Waals surface area contributed by atoms with Crippen LogP contribution < -0.4 is 0 Å². The van der Waals surface area contributed by atoms with Gasteiger partial charge in [-0.3, -0.25) is 0 Å². The number of halogens is 2. The third-order valence-corrected chi connectivity index (χ3v) is 7.67. The summed E-state index contributed by atoms with van der Waals surface area (Å²) in [7, 11) is -3.88. The molecule has 0 bridgehead atoms. The van der Waals surface area contributed by atoms with E-state index in [1.165, 1.54) is 4.31 Å². The third-order valence-electron chi connectivity index (χ3n) is 3.84. The highest BCUT2D eigenvalue weighted by molar-refractivity contribution is 9.13. The van der Waals surface area contributed by atoms with E-state index < -0.39 is 16.0 Å². The predicted octanol–water partition coefficient (Wildman–Crippen LogP) is 2.89. The van der Waals surface area contributed by atoms with Gasteiger partial charge < -0.3 is 14.5 Å². The predicted molar refractivity (Wildman–Crippen MR) is 99.2 cm³/mol. The first-order valence-electron chi connectivity index (χ1n) is 7.62. The van der Waals surface area contributed by atoms with Gasteiger partial charge in [0.25, 0.3) is 0 Å².